The fourth-order valence-corrected chi connectivity index (χ4v) is 2.46. The van der Waals surface area contributed by atoms with Crippen molar-refractivity contribution in [2.45, 2.75) is 0 Å². The molecule has 0 bridgehead atoms. The number of nitrogens with one attached hydrogen (secondary N) is 1. The molecular weight excluding hydrogens is 292 g/mol. The van der Waals surface area contributed by atoms with Crippen LogP contribution in [0.15, 0.2) is 17.8 Å². The largest absolute Gasteiger partial charge is 0.468 e. The van der Waals surface area contributed by atoms with Gasteiger partial charge in [-0.2, -0.15) is 0 Å². The van der Waals surface area contributed by atoms with E-state index in [0.717, 1.165) is 9.78 Å². The van der Waals surface area contributed by atoms with E-state index in [4.69, 9.17) is 11.6 Å². The average Bonchev–Trinajstić information content (AvgIpc) is 2.88. The molecular formula is C11H9ClN2O4S. The van der Waals surface area contributed by atoms with Crippen molar-refractivity contribution in [3.8, 4) is 0 Å². The van der Waals surface area contributed by atoms with Crippen molar-refractivity contribution >= 4 is 46.9 Å². The number of amides is 3. The average molecular weight is 301 g/mol. The topological polar surface area (TPSA) is 75.7 Å². The number of urea groups is 1. The van der Waals surface area contributed by atoms with Crippen LogP contribution in [0.4, 0.5) is 4.79 Å². The van der Waals surface area contributed by atoms with Gasteiger partial charge >= 0.3 is 12.0 Å². The maximum absolute atomic E-state index is 11.9. The molecule has 1 saturated heterocycles. The molecule has 0 radical (unpaired) electrons. The number of nitrogens with zero attached hydrogens (tertiary/aromatic N) is 1. The van der Waals surface area contributed by atoms with Crippen molar-refractivity contribution in [2.24, 2.45) is 0 Å². The smallest absolute Gasteiger partial charge is 0.329 e. The zero-order valence-corrected chi connectivity index (χ0v) is 11.4. The summed E-state index contributed by atoms with van der Waals surface area (Å²) < 4.78 is 5.00. The molecule has 6 nitrogen and oxygen atoms in total. The lowest BCUT2D eigenvalue weighted by Gasteiger charge is -2.08. The van der Waals surface area contributed by atoms with Gasteiger partial charge in [-0.3, -0.25) is 9.59 Å². The third-order valence-electron chi connectivity index (χ3n) is 2.36. The predicted molar refractivity (Wildman–Crippen MR) is 69.6 cm³/mol. The molecule has 8 heteroatoms. The number of methoxy groups -OCH3 is 1. The Bertz CT molecular complexity index is 581. The quantitative estimate of drug-likeness (QED) is 0.521. The summed E-state index contributed by atoms with van der Waals surface area (Å²) in [6.07, 6.45) is 1.51. The van der Waals surface area contributed by atoms with Crippen LogP contribution in [0.3, 0.4) is 0 Å². The summed E-state index contributed by atoms with van der Waals surface area (Å²) in [7, 11) is 1.19. The molecule has 3 amide bonds. The van der Waals surface area contributed by atoms with E-state index < -0.39 is 24.5 Å². The number of thiophene rings is 1. The number of rotatable bonds is 3. The highest BCUT2D eigenvalue weighted by molar-refractivity contribution is 7.17. The van der Waals surface area contributed by atoms with E-state index >= 15 is 0 Å². The van der Waals surface area contributed by atoms with Crippen molar-refractivity contribution in [2.75, 3.05) is 13.7 Å². The summed E-state index contributed by atoms with van der Waals surface area (Å²) in [5.74, 6) is -1.23. The van der Waals surface area contributed by atoms with Gasteiger partial charge < -0.3 is 10.1 Å². The second-order valence-corrected chi connectivity index (χ2v) is 5.34. The highest BCUT2D eigenvalue weighted by atomic mass is 35.5. The Labute approximate surface area is 117 Å². The first-order valence-corrected chi connectivity index (χ1v) is 6.37. The van der Waals surface area contributed by atoms with Gasteiger partial charge in [0, 0.05) is 4.88 Å². The van der Waals surface area contributed by atoms with E-state index in [9.17, 15) is 14.4 Å². The van der Waals surface area contributed by atoms with Gasteiger partial charge in [0.05, 0.1) is 11.4 Å². The number of carbonyl (C=O) groups is 3. The zero-order valence-electron chi connectivity index (χ0n) is 9.81. The third-order valence-corrected chi connectivity index (χ3v) is 3.54. The van der Waals surface area contributed by atoms with Crippen molar-refractivity contribution < 1.29 is 19.1 Å². The van der Waals surface area contributed by atoms with Crippen LogP contribution in [0.2, 0.25) is 4.34 Å². The Kier molecular flexibility index (Phi) is 3.87. The second-order valence-electron chi connectivity index (χ2n) is 3.60. The molecule has 100 valence electrons. The van der Waals surface area contributed by atoms with E-state index in [2.05, 4.69) is 10.1 Å². The van der Waals surface area contributed by atoms with Gasteiger partial charge in [-0.05, 0) is 18.2 Å². The molecule has 1 aromatic heterocycles. The Morgan fingerprint density at radius 2 is 2.26 bits per heavy atom. The molecule has 1 aliphatic heterocycles. The highest BCUT2D eigenvalue weighted by Gasteiger charge is 2.35. The summed E-state index contributed by atoms with van der Waals surface area (Å²) in [4.78, 5) is 36.1. The normalized spacial score (nSPS) is 16.9. The molecule has 0 atom stereocenters. The maximum Gasteiger partial charge on any atom is 0.329 e. The standard InChI is InChI=1S/C11H9ClN2O4S/c1-18-9(15)5-14-10(16)7(13-11(14)17)4-6-2-3-8(12)19-6/h2-4H,5H2,1H3,(H,13,17). The van der Waals surface area contributed by atoms with Gasteiger partial charge in [0.15, 0.2) is 0 Å². The Hall–Kier alpha value is -1.86. The minimum atomic E-state index is -0.663. The third kappa shape index (κ3) is 2.94. The number of imide groups is 1. The number of halogens is 1. The first-order chi connectivity index (χ1) is 9.01. The van der Waals surface area contributed by atoms with Crippen molar-refractivity contribution in [3.05, 3.63) is 27.0 Å². The predicted octanol–water partition coefficient (Wildman–Crippen LogP) is 1.47. The van der Waals surface area contributed by atoms with Gasteiger partial charge in [-0.25, -0.2) is 9.69 Å². The molecule has 0 spiro atoms. The van der Waals surface area contributed by atoms with Crippen molar-refractivity contribution in [3.63, 3.8) is 0 Å². The number of ether oxygens (including phenoxy) is 1. The molecule has 2 heterocycles. The Morgan fingerprint density at radius 1 is 1.53 bits per heavy atom. The van der Waals surface area contributed by atoms with Gasteiger partial charge in [-0.15, -0.1) is 11.3 Å². The number of carbonyl (C=O) groups excluding carboxylic acids is 3. The fourth-order valence-electron chi connectivity index (χ4n) is 1.46. The van der Waals surface area contributed by atoms with Crippen LogP contribution in [-0.2, 0) is 14.3 Å². The van der Waals surface area contributed by atoms with Crippen LogP contribution in [0.1, 0.15) is 4.88 Å². The summed E-state index contributed by atoms with van der Waals surface area (Å²) in [5.41, 5.74) is 0.104. The van der Waals surface area contributed by atoms with E-state index in [-0.39, 0.29) is 5.70 Å². The molecule has 2 rings (SSSR count). The minimum absolute atomic E-state index is 0.104. The summed E-state index contributed by atoms with van der Waals surface area (Å²) in [5, 5.41) is 2.40. The SMILES string of the molecule is COC(=O)CN1C(=O)NC(=Cc2ccc(Cl)s2)C1=O. The van der Waals surface area contributed by atoms with Crippen LogP contribution >= 0.6 is 22.9 Å². The van der Waals surface area contributed by atoms with E-state index in [1.165, 1.54) is 24.5 Å². The van der Waals surface area contributed by atoms with E-state index in [0.29, 0.717) is 4.34 Å². The van der Waals surface area contributed by atoms with E-state index in [1.54, 1.807) is 12.1 Å². The molecule has 0 aliphatic carbocycles. The lowest BCUT2D eigenvalue weighted by Crippen LogP contribution is -2.36. The molecule has 1 N–H and O–H groups in total. The second kappa shape index (κ2) is 5.41. The summed E-state index contributed by atoms with van der Waals surface area (Å²) in [6.45, 7) is -0.413. The van der Waals surface area contributed by atoms with Gasteiger partial charge in [0.1, 0.15) is 12.2 Å². The highest BCUT2D eigenvalue weighted by Crippen LogP contribution is 2.24. The lowest BCUT2D eigenvalue weighted by atomic mass is 10.3. The Balaban J connectivity index is 2.18. The summed E-state index contributed by atoms with van der Waals surface area (Å²) in [6, 6.07) is 2.76. The molecule has 1 aromatic rings. The Morgan fingerprint density at radius 3 is 2.84 bits per heavy atom. The fraction of sp³-hybridized carbons (Fsp3) is 0.182. The molecule has 0 unspecified atom stereocenters. The molecule has 0 aromatic carbocycles. The summed E-state index contributed by atoms with van der Waals surface area (Å²) >= 11 is 7.05. The van der Waals surface area contributed by atoms with Gasteiger partial charge in [-0.1, -0.05) is 11.6 Å². The lowest BCUT2D eigenvalue weighted by molar-refractivity contribution is -0.143. The van der Waals surface area contributed by atoms with Crippen LogP contribution in [-0.4, -0.2) is 36.5 Å². The molecule has 1 aliphatic rings. The molecule has 0 saturated carbocycles. The van der Waals surface area contributed by atoms with Gasteiger partial charge in [0.25, 0.3) is 5.91 Å². The van der Waals surface area contributed by atoms with E-state index in [1.807, 2.05) is 0 Å². The first kappa shape index (κ1) is 13.6. The monoisotopic (exact) mass is 300 g/mol. The van der Waals surface area contributed by atoms with Crippen LogP contribution in [0.25, 0.3) is 6.08 Å². The first-order valence-electron chi connectivity index (χ1n) is 5.18. The van der Waals surface area contributed by atoms with Gasteiger partial charge in [0.2, 0.25) is 0 Å². The molecule has 19 heavy (non-hydrogen) atoms. The van der Waals surface area contributed by atoms with Crippen molar-refractivity contribution in [1.82, 2.24) is 10.2 Å². The minimum Gasteiger partial charge on any atom is -0.468 e. The maximum atomic E-state index is 11.9. The van der Waals surface area contributed by atoms with Crippen molar-refractivity contribution in [1.29, 1.82) is 0 Å². The number of hydrogen-bond donors (Lipinski definition) is 1. The zero-order chi connectivity index (χ0) is 14.0. The van der Waals surface area contributed by atoms with Crippen LogP contribution in [0.5, 0.6) is 0 Å². The number of esters is 1. The molecule has 1 fully saturated rings. The number of hydrogen-bond acceptors (Lipinski definition) is 5. The van der Waals surface area contributed by atoms with Crippen LogP contribution in [0, 0.1) is 0 Å². The van der Waals surface area contributed by atoms with Crippen LogP contribution < -0.4 is 5.32 Å².